The molecule has 1 rings (SSSR count). The molecule has 0 bridgehead atoms. The molecule has 1 aromatic carbocycles. The van der Waals surface area contributed by atoms with E-state index in [0.717, 1.165) is 29.6 Å². The van der Waals surface area contributed by atoms with Crippen LogP contribution in [0.5, 0.6) is 5.75 Å². The summed E-state index contributed by atoms with van der Waals surface area (Å²) in [6, 6.07) is 6.69. The van der Waals surface area contributed by atoms with Crippen LogP contribution in [-0.2, 0) is 0 Å². The van der Waals surface area contributed by atoms with Gasteiger partial charge in [-0.3, -0.25) is 0 Å². The predicted octanol–water partition coefficient (Wildman–Crippen LogP) is 5.08. The van der Waals surface area contributed by atoms with E-state index in [0.29, 0.717) is 12.6 Å². The number of unbranched alkanes of at least 4 members (excludes halogenated alkanes) is 1. The van der Waals surface area contributed by atoms with Crippen molar-refractivity contribution in [2.75, 3.05) is 13.2 Å². The lowest BCUT2D eigenvalue weighted by Gasteiger charge is -2.22. The summed E-state index contributed by atoms with van der Waals surface area (Å²) in [5.74, 6) is 1.01. The molecule has 0 aliphatic rings. The molecule has 1 atom stereocenters. The van der Waals surface area contributed by atoms with Gasteiger partial charge in [0.2, 0.25) is 0 Å². The van der Waals surface area contributed by atoms with Crippen molar-refractivity contribution < 1.29 is 4.74 Å². The zero-order valence-corrected chi connectivity index (χ0v) is 13.9. The van der Waals surface area contributed by atoms with E-state index in [9.17, 15) is 0 Å². The van der Waals surface area contributed by atoms with Gasteiger partial charge in [0, 0.05) is 16.1 Å². The largest absolute Gasteiger partial charge is 0.494 e. The Morgan fingerprint density at radius 2 is 2.00 bits per heavy atom. The normalized spacial score (nSPS) is 12.4. The van der Waals surface area contributed by atoms with Gasteiger partial charge in [0.05, 0.1) is 6.61 Å². The van der Waals surface area contributed by atoms with E-state index in [1.54, 1.807) is 0 Å². The van der Waals surface area contributed by atoms with E-state index in [1.807, 2.05) is 13.0 Å². The van der Waals surface area contributed by atoms with E-state index in [-0.39, 0.29) is 0 Å². The number of ether oxygens (including phenoxy) is 1. The minimum Gasteiger partial charge on any atom is -0.494 e. The average molecular weight is 328 g/mol. The summed E-state index contributed by atoms with van der Waals surface area (Å²) in [6.45, 7) is 8.23. The van der Waals surface area contributed by atoms with Crippen molar-refractivity contribution in [2.24, 2.45) is 0 Å². The summed E-state index contributed by atoms with van der Waals surface area (Å²) < 4.78 is 6.89. The third kappa shape index (κ3) is 5.53. The molecule has 2 nitrogen and oxygen atoms in total. The van der Waals surface area contributed by atoms with Crippen LogP contribution in [0.1, 0.15) is 58.1 Å². The van der Waals surface area contributed by atoms with E-state index >= 15 is 0 Å². The summed E-state index contributed by atoms with van der Waals surface area (Å²) in [4.78, 5) is 0. The quantitative estimate of drug-likeness (QED) is 0.683. The van der Waals surface area contributed by atoms with Gasteiger partial charge in [0.15, 0.2) is 0 Å². The first kappa shape index (κ1) is 16.5. The lowest BCUT2D eigenvalue weighted by Crippen LogP contribution is -2.22. The maximum atomic E-state index is 5.77. The Kier molecular flexibility index (Phi) is 8.15. The zero-order chi connectivity index (χ0) is 14.1. The molecule has 0 saturated heterocycles. The topological polar surface area (TPSA) is 21.3 Å². The summed E-state index contributed by atoms with van der Waals surface area (Å²) in [5, 5.41) is 3.65. The second kappa shape index (κ2) is 9.38. The van der Waals surface area contributed by atoms with Gasteiger partial charge < -0.3 is 10.1 Å². The molecule has 0 fully saturated rings. The summed E-state index contributed by atoms with van der Waals surface area (Å²) in [7, 11) is 0. The predicted molar refractivity (Wildman–Crippen MR) is 85.9 cm³/mol. The van der Waals surface area contributed by atoms with Gasteiger partial charge in [0.1, 0.15) is 5.75 Å². The molecule has 3 heteroatoms. The van der Waals surface area contributed by atoms with Crippen LogP contribution in [0.4, 0.5) is 0 Å². The third-order valence-electron chi connectivity index (χ3n) is 3.13. The minimum absolute atomic E-state index is 0.388. The van der Waals surface area contributed by atoms with Gasteiger partial charge in [-0.05, 0) is 44.5 Å². The Hall–Kier alpha value is -0.540. The average Bonchev–Trinajstić information content (AvgIpc) is 2.41. The van der Waals surface area contributed by atoms with Crippen LogP contribution in [0.3, 0.4) is 0 Å². The molecule has 19 heavy (non-hydrogen) atoms. The molecule has 1 unspecified atom stereocenters. The highest BCUT2D eigenvalue weighted by molar-refractivity contribution is 9.10. The van der Waals surface area contributed by atoms with Gasteiger partial charge >= 0.3 is 0 Å². The SMILES string of the molecule is CCCCC(NCCC)c1cc(Br)ccc1OCC. The van der Waals surface area contributed by atoms with E-state index < -0.39 is 0 Å². The van der Waals surface area contributed by atoms with E-state index in [4.69, 9.17) is 4.74 Å². The maximum Gasteiger partial charge on any atom is 0.124 e. The monoisotopic (exact) mass is 327 g/mol. The molecule has 0 amide bonds. The molecule has 0 saturated carbocycles. The van der Waals surface area contributed by atoms with Crippen molar-refractivity contribution in [3.8, 4) is 5.75 Å². The van der Waals surface area contributed by atoms with Gasteiger partial charge in [0.25, 0.3) is 0 Å². The van der Waals surface area contributed by atoms with E-state index in [1.165, 1.54) is 18.4 Å². The lowest BCUT2D eigenvalue weighted by molar-refractivity contribution is 0.329. The Morgan fingerprint density at radius 1 is 1.21 bits per heavy atom. The number of halogens is 1. The number of benzene rings is 1. The summed E-state index contributed by atoms with van der Waals surface area (Å²) in [6.07, 6.45) is 4.77. The standard InChI is InChI=1S/C16H26BrNO/c1-4-7-8-15(18-11-5-2)14-12-13(17)9-10-16(14)19-6-3/h9-10,12,15,18H,4-8,11H2,1-3H3. The Bertz CT molecular complexity index is 360. The van der Waals surface area contributed by atoms with Crippen LogP contribution in [0.2, 0.25) is 0 Å². The lowest BCUT2D eigenvalue weighted by atomic mass is 10.00. The Balaban J connectivity index is 2.93. The van der Waals surface area contributed by atoms with Crippen LogP contribution in [0.15, 0.2) is 22.7 Å². The van der Waals surface area contributed by atoms with Crippen LogP contribution < -0.4 is 10.1 Å². The first-order valence-corrected chi connectivity index (χ1v) is 8.17. The fourth-order valence-electron chi connectivity index (χ4n) is 2.17. The van der Waals surface area contributed by atoms with Crippen molar-refractivity contribution >= 4 is 15.9 Å². The van der Waals surface area contributed by atoms with Crippen LogP contribution in [0.25, 0.3) is 0 Å². The van der Waals surface area contributed by atoms with Crippen molar-refractivity contribution in [1.82, 2.24) is 5.32 Å². The van der Waals surface area contributed by atoms with Gasteiger partial charge in [-0.1, -0.05) is 42.6 Å². The Labute approximate surface area is 126 Å². The fraction of sp³-hybridized carbons (Fsp3) is 0.625. The molecule has 0 radical (unpaired) electrons. The summed E-state index contributed by atoms with van der Waals surface area (Å²) >= 11 is 3.57. The van der Waals surface area contributed by atoms with Crippen LogP contribution in [0, 0.1) is 0 Å². The first-order chi connectivity index (χ1) is 9.22. The molecule has 1 aromatic rings. The zero-order valence-electron chi connectivity index (χ0n) is 12.3. The van der Waals surface area contributed by atoms with Crippen LogP contribution >= 0.6 is 15.9 Å². The van der Waals surface area contributed by atoms with Crippen molar-refractivity contribution in [1.29, 1.82) is 0 Å². The number of rotatable bonds is 9. The fourth-order valence-corrected chi connectivity index (χ4v) is 2.55. The van der Waals surface area contributed by atoms with Gasteiger partial charge in [-0.15, -0.1) is 0 Å². The second-order valence-electron chi connectivity index (χ2n) is 4.76. The highest BCUT2D eigenvalue weighted by atomic mass is 79.9. The first-order valence-electron chi connectivity index (χ1n) is 7.38. The smallest absolute Gasteiger partial charge is 0.124 e. The minimum atomic E-state index is 0.388. The van der Waals surface area contributed by atoms with Gasteiger partial charge in [-0.2, -0.15) is 0 Å². The molecule has 0 aromatic heterocycles. The van der Waals surface area contributed by atoms with Crippen LogP contribution in [-0.4, -0.2) is 13.2 Å². The molecule has 0 aliphatic carbocycles. The molecule has 0 aliphatic heterocycles. The van der Waals surface area contributed by atoms with Gasteiger partial charge in [-0.25, -0.2) is 0 Å². The molecule has 0 spiro atoms. The highest BCUT2D eigenvalue weighted by Crippen LogP contribution is 2.31. The van der Waals surface area contributed by atoms with E-state index in [2.05, 4.69) is 47.2 Å². The van der Waals surface area contributed by atoms with Crippen molar-refractivity contribution in [2.45, 2.75) is 52.5 Å². The summed E-state index contributed by atoms with van der Waals surface area (Å²) in [5.41, 5.74) is 1.28. The second-order valence-corrected chi connectivity index (χ2v) is 5.68. The Morgan fingerprint density at radius 3 is 2.63 bits per heavy atom. The highest BCUT2D eigenvalue weighted by Gasteiger charge is 2.15. The maximum absolute atomic E-state index is 5.77. The number of hydrogen-bond donors (Lipinski definition) is 1. The number of hydrogen-bond acceptors (Lipinski definition) is 2. The molecule has 108 valence electrons. The number of nitrogens with one attached hydrogen (secondary N) is 1. The van der Waals surface area contributed by atoms with Crippen molar-refractivity contribution in [3.05, 3.63) is 28.2 Å². The molecular formula is C16H26BrNO. The third-order valence-corrected chi connectivity index (χ3v) is 3.63. The van der Waals surface area contributed by atoms with Crippen molar-refractivity contribution in [3.63, 3.8) is 0 Å². The molecule has 1 N–H and O–H groups in total. The molecule has 0 heterocycles. The molecular weight excluding hydrogens is 302 g/mol.